The molecule has 1 aromatic carbocycles. The molecule has 0 aliphatic carbocycles. The summed E-state index contributed by atoms with van der Waals surface area (Å²) in [6, 6.07) is 5.24. The summed E-state index contributed by atoms with van der Waals surface area (Å²) in [6.07, 6.45) is 2.27. The largest absolute Gasteiger partial charge is 0.399 e. The first kappa shape index (κ1) is 8.33. The average Bonchev–Trinajstić information content (AvgIpc) is 2.05. The number of amides is 1. The van der Waals surface area contributed by atoms with E-state index >= 15 is 0 Å². The van der Waals surface area contributed by atoms with Gasteiger partial charge in [0.1, 0.15) is 0 Å². The van der Waals surface area contributed by atoms with Crippen LogP contribution in [-0.2, 0) is 4.79 Å². The highest BCUT2D eigenvalue weighted by atomic mass is 16.1. The first-order chi connectivity index (χ1) is 5.77. The number of carbonyl (C=O) groups excluding carboxylic acids is 1. The van der Waals surface area contributed by atoms with E-state index in [1.807, 2.05) is 0 Å². The van der Waals surface area contributed by atoms with E-state index < -0.39 is 0 Å². The van der Waals surface area contributed by atoms with Crippen LogP contribution >= 0.6 is 0 Å². The maximum Gasteiger partial charge on any atom is 0.211 e. The van der Waals surface area contributed by atoms with E-state index in [1.165, 1.54) is 0 Å². The molecule has 1 amide bonds. The third kappa shape index (κ3) is 1.63. The third-order valence-electron chi connectivity index (χ3n) is 1.51. The number of benzene rings is 1. The molecule has 12 heavy (non-hydrogen) atoms. The molecule has 0 atom stereocenters. The van der Waals surface area contributed by atoms with Crippen LogP contribution in [0.2, 0.25) is 0 Å². The highest BCUT2D eigenvalue weighted by Crippen LogP contribution is 2.19. The molecule has 0 bridgehead atoms. The van der Waals surface area contributed by atoms with Crippen molar-refractivity contribution in [3.63, 3.8) is 0 Å². The molecule has 0 aromatic heterocycles. The summed E-state index contributed by atoms with van der Waals surface area (Å²) in [7, 11) is 0. The van der Waals surface area contributed by atoms with Gasteiger partial charge in [-0.1, -0.05) is 18.7 Å². The van der Waals surface area contributed by atoms with Gasteiger partial charge in [0.25, 0.3) is 0 Å². The zero-order valence-electron chi connectivity index (χ0n) is 6.58. The van der Waals surface area contributed by atoms with Crippen molar-refractivity contribution in [3.8, 4) is 0 Å². The van der Waals surface area contributed by atoms with Crippen molar-refractivity contribution in [1.82, 2.24) is 0 Å². The fourth-order valence-corrected chi connectivity index (χ4v) is 0.940. The van der Waals surface area contributed by atoms with Crippen molar-refractivity contribution in [1.29, 1.82) is 0 Å². The van der Waals surface area contributed by atoms with Gasteiger partial charge < -0.3 is 11.1 Å². The highest BCUT2D eigenvalue weighted by molar-refractivity contribution is 5.80. The summed E-state index contributed by atoms with van der Waals surface area (Å²) in [5, 5.41) is 2.54. The number of nitrogens with one attached hydrogen (secondary N) is 1. The molecule has 1 aromatic rings. The van der Waals surface area contributed by atoms with Gasteiger partial charge in [0, 0.05) is 11.4 Å². The van der Waals surface area contributed by atoms with Gasteiger partial charge >= 0.3 is 0 Å². The van der Waals surface area contributed by atoms with Crippen LogP contribution in [0.25, 0.3) is 6.08 Å². The van der Waals surface area contributed by atoms with Crippen LogP contribution in [0.5, 0.6) is 0 Å². The molecule has 0 spiro atoms. The first-order valence-corrected chi connectivity index (χ1v) is 3.50. The summed E-state index contributed by atoms with van der Waals surface area (Å²) in [5.74, 6) is 0. The minimum Gasteiger partial charge on any atom is -0.399 e. The SMILES string of the molecule is C=Cc1ccc(N)cc1NC=O. The Labute approximate surface area is 70.9 Å². The Hall–Kier alpha value is -1.77. The Balaban J connectivity index is 3.11. The van der Waals surface area contributed by atoms with Crippen molar-refractivity contribution < 1.29 is 4.79 Å². The number of hydrogen-bond donors (Lipinski definition) is 2. The molecule has 3 N–H and O–H groups in total. The second-order valence-electron chi connectivity index (χ2n) is 2.31. The van der Waals surface area contributed by atoms with Gasteiger partial charge in [-0.15, -0.1) is 0 Å². The summed E-state index contributed by atoms with van der Waals surface area (Å²) in [5.41, 5.74) is 7.68. The van der Waals surface area contributed by atoms with Crippen LogP contribution in [-0.4, -0.2) is 6.41 Å². The van der Waals surface area contributed by atoms with Crippen molar-refractivity contribution in [2.75, 3.05) is 11.1 Å². The third-order valence-corrected chi connectivity index (χ3v) is 1.51. The normalized spacial score (nSPS) is 9.00. The summed E-state index contributed by atoms with van der Waals surface area (Å²) in [6.45, 7) is 3.61. The molecule has 0 saturated heterocycles. The van der Waals surface area contributed by atoms with Gasteiger partial charge in [-0.2, -0.15) is 0 Å². The Morgan fingerprint density at radius 3 is 2.83 bits per heavy atom. The van der Waals surface area contributed by atoms with Gasteiger partial charge in [-0.3, -0.25) is 4.79 Å². The van der Waals surface area contributed by atoms with Crippen LogP contribution in [0.3, 0.4) is 0 Å². The van der Waals surface area contributed by atoms with Crippen LogP contribution in [0, 0.1) is 0 Å². The lowest BCUT2D eigenvalue weighted by atomic mass is 10.1. The minimum absolute atomic E-state index is 0.613. The average molecular weight is 162 g/mol. The summed E-state index contributed by atoms with van der Waals surface area (Å²) < 4.78 is 0. The fraction of sp³-hybridized carbons (Fsp3) is 0. The lowest BCUT2D eigenvalue weighted by molar-refractivity contribution is -0.105. The van der Waals surface area contributed by atoms with E-state index in [4.69, 9.17) is 5.73 Å². The molecular formula is C9H10N2O. The topological polar surface area (TPSA) is 55.1 Å². The molecule has 0 saturated carbocycles. The highest BCUT2D eigenvalue weighted by Gasteiger charge is 1.97. The zero-order chi connectivity index (χ0) is 8.97. The standard InChI is InChI=1S/C9H10N2O/c1-2-7-3-4-8(10)5-9(7)11-6-12/h2-6H,1,10H2,(H,11,12). The summed E-state index contributed by atoms with van der Waals surface area (Å²) in [4.78, 5) is 10.2. The molecule has 0 radical (unpaired) electrons. The Bertz CT molecular complexity index is 307. The molecule has 62 valence electrons. The lowest BCUT2D eigenvalue weighted by Crippen LogP contribution is -1.97. The van der Waals surface area contributed by atoms with Crippen LogP contribution in [0.4, 0.5) is 11.4 Å². The molecule has 3 nitrogen and oxygen atoms in total. The first-order valence-electron chi connectivity index (χ1n) is 3.50. The maximum atomic E-state index is 10.2. The predicted octanol–water partition coefficient (Wildman–Crippen LogP) is 1.48. The van der Waals surface area contributed by atoms with E-state index in [0.29, 0.717) is 17.8 Å². The number of anilines is 2. The van der Waals surface area contributed by atoms with E-state index in [1.54, 1.807) is 24.3 Å². The molecule has 0 aliphatic rings. The number of hydrogen-bond acceptors (Lipinski definition) is 2. The Morgan fingerprint density at radius 1 is 1.50 bits per heavy atom. The Kier molecular flexibility index (Phi) is 2.48. The van der Waals surface area contributed by atoms with E-state index in [2.05, 4.69) is 11.9 Å². The van der Waals surface area contributed by atoms with Gasteiger partial charge in [0.05, 0.1) is 0 Å². The molecule has 0 aliphatic heterocycles. The van der Waals surface area contributed by atoms with Gasteiger partial charge in [-0.25, -0.2) is 0 Å². The number of rotatable bonds is 3. The quantitative estimate of drug-likeness (QED) is 0.522. The number of nitrogens with two attached hydrogens (primary N) is 1. The lowest BCUT2D eigenvalue weighted by Gasteiger charge is -2.04. The molecule has 1 rings (SSSR count). The van der Waals surface area contributed by atoms with Crippen LogP contribution in [0.1, 0.15) is 5.56 Å². The monoisotopic (exact) mass is 162 g/mol. The fourth-order valence-electron chi connectivity index (χ4n) is 0.940. The van der Waals surface area contributed by atoms with Crippen LogP contribution in [0.15, 0.2) is 24.8 Å². The smallest absolute Gasteiger partial charge is 0.211 e. The zero-order valence-corrected chi connectivity index (χ0v) is 6.58. The molecular weight excluding hydrogens is 152 g/mol. The molecule has 0 fully saturated rings. The number of carbonyl (C=O) groups is 1. The van der Waals surface area contributed by atoms with Crippen LogP contribution < -0.4 is 11.1 Å². The van der Waals surface area contributed by atoms with Crippen molar-refractivity contribution in [2.24, 2.45) is 0 Å². The second kappa shape index (κ2) is 3.57. The van der Waals surface area contributed by atoms with Crippen molar-refractivity contribution in [3.05, 3.63) is 30.3 Å². The maximum absolute atomic E-state index is 10.2. The Morgan fingerprint density at radius 2 is 2.25 bits per heavy atom. The van der Waals surface area contributed by atoms with Crippen molar-refractivity contribution >= 4 is 23.9 Å². The van der Waals surface area contributed by atoms with E-state index in [0.717, 1.165) is 5.56 Å². The van der Waals surface area contributed by atoms with Gasteiger partial charge in [-0.05, 0) is 17.7 Å². The molecule has 0 heterocycles. The van der Waals surface area contributed by atoms with E-state index in [-0.39, 0.29) is 0 Å². The molecule has 0 unspecified atom stereocenters. The summed E-state index contributed by atoms with van der Waals surface area (Å²) >= 11 is 0. The van der Waals surface area contributed by atoms with Gasteiger partial charge in [0.15, 0.2) is 0 Å². The second-order valence-corrected chi connectivity index (χ2v) is 2.31. The van der Waals surface area contributed by atoms with Crippen molar-refractivity contribution in [2.45, 2.75) is 0 Å². The predicted molar refractivity (Wildman–Crippen MR) is 50.6 cm³/mol. The van der Waals surface area contributed by atoms with Gasteiger partial charge in [0.2, 0.25) is 6.41 Å². The minimum atomic E-state index is 0.613. The molecule has 3 heteroatoms. The van der Waals surface area contributed by atoms with E-state index in [9.17, 15) is 4.79 Å². The number of nitrogen functional groups attached to an aromatic ring is 1.